The van der Waals surface area contributed by atoms with Gasteiger partial charge < -0.3 is 15.0 Å². The Hall–Kier alpha value is -3.14. The fourth-order valence-corrected chi connectivity index (χ4v) is 4.97. The van der Waals surface area contributed by atoms with Crippen LogP contribution in [-0.4, -0.2) is 61.2 Å². The lowest BCUT2D eigenvalue weighted by atomic mass is 10.0. The molecule has 1 saturated carbocycles. The van der Waals surface area contributed by atoms with Crippen molar-refractivity contribution >= 4 is 17.7 Å². The number of rotatable bonds is 5. The van der Waals surface area contributed by atoms with Gasteiger partial charge in [-0.2, -0.15) is 0 Å². The Labute approximate surface area is 188 Å². The number of piperidine rings is 1. The molecule has 2 aromatic rings. The summed E-state index contributed by atoms with van der Waals surface area (Å²) < 4.78 is 50.2. The molecule has 2 aliphatic heterocycles. The smallest absolute Gasteiger partial charge is 0.414 e. The van der Waals surface area contributed by atoms with E-state index in [0.717, 1.165) is 17.0 Å². The molecule has 1 aromatic carbocycles. The van der Waals surface area contributed by atoms with Crippen LogP contribution in [0.1, 0.15) is 12.6 Å². The van der Waals surface area contributed by atoms with E-state index in [1.165, 1.54) is 25.3 Å². The van der Waals surface area contributed by atoms with Gasteiger partial charge in [-0.3, -0.25) is 14.7 Å². The molecule has 3 fully saturated rings. The van der Waals surface area contributed by atoms with Crippen LogP contribution in [0.4, 0.5) is 23.7 Å². The number of fused-ring (bicyclic) bond motifs is 1. The summed E-state index contributed by atoms with van der Waals surface area (Å²) >= 11 is 0. The van der Waals surface area contributed by atoms with E-state index in [1.807, 2.05) is 7.05 Å². The third kappa shape index (κ3) is 3.62. The molecule has 0 radical (unpaired) electrons. The number of nitrogens with zero attached hydrogens (tertiary/aromatic N) is 3. The number of hydrogen-bond acceptors (Lipinski definition) is 5. The number of halogens is 3. The lowest BCUT2D eigenvalue weighted by Gasteiger charge is -2.18. The van der Waals surface area contributed by atoms with E-state index in [1.54, 1.807) is 0 Å². The highest BCUT2D eigenvalue weighted by atomic mass is 19.1. The van der Waals surface area contributed by atoms with Gasteiger partial charge in [0.2, 0.25) is 5.91 Å². The second-order valence-electron chi connectivity index (χ2n) is 8.97. The Balaban J connectivity index is 1.34. The molecule has 2 saturated heterocycles. The van der Waals surface area contributed by atoms with Crippen LogP contribution in [0.3, 0.4) is 0 Å². The Bertz CT molecular complexity index is 1110. The highest BCUT2D eigenvalue weighted by Crippen LogP contribution is 2.63. The first kappa shape index (κ1) is 21.7. The number of nitrogens with one attached hydrogen (secondary N) is 1. The van der Waals surface area contributed by atoms with Gasteiger partial charge in [0.15, 0.2) is 5.67 Å². The molecule has 0 spiro atoms. The average Bonchev–Trinajstić information content (AvgIpc) is 3.10. The van der Waals surface area contributed by atoms with Crippen molar-refractivity contribution in [2.75, 3.05) is 38.1 Å². The third-order valence-corrected chi connectivity index (χ3v) is 6.72. The zero-order valence-electron chi connectivity index (χ0n) is 18.1. The molecule has 0 bridgehead atoms. The van der Waals surface area contributed by atoms with Gasteiger partial charge in [-0.1, -0.05) is 6.07 Å². The normalized spacial score (nSPS) is 28.6. The predicted molar refractivity (Wildman–Crippen MR) is 113 cm³/mol. The minimum Gasteiger partial charge on any atom is -0.442 e. The zero-order chi connectivity index (χ0) is 23.5. The molecule has 1 unspecified atom stereocenters. The predicted octanol–water partition coefficient (Wildman–Crippen LogP) is 2.84. The number of anilines is 1. The van der Waals surface area contributed by atoms with Gasteiger partial charge in [0.05, 0.1) is 24.5 Å². The number of hydrogen-bond donors (Lipinski definition) is 1. The summed E-state index contributed by atoms with van der Waals surface area (Å²) in [6.45, 7) is 2.73. The highest BCUT2D eigenvalue weighted by molar-refractivity contribution is 5.90. The van der Waals surface area contributed by atoms with Crippen LogP contribution < -0.4 is 10.2 Å². The summed E-state index contributed by atoms with van der Waals surface area (Å²) in [6.07, 6.45) is -0.147. The number of alkyl halides is 1. The maximum absolute atomic E-state index is 15.3. The Morgan fingerprint density at radius 3 is 2.58 bits per heavy atom. The van der Waals surface area contributed by atoms with Crippen molar-refractivity contribution in [1.29, 1.82) is 0 Å². The number of cyclic esters (lactones) is 1. The molecular formula is C23H23F3N4O3. The van der Waals surface area contributed by atoms with E-state index >= 15 is 4.39 Å². The number of benzene rings is 1. The minimum absolute atomic E-state index is 0.0266. The first-order valence-electron chi connectivity index (χ1n) is 10.7. The Kier molecular flexibility index (Phi) is 5.08. The molecule has 1 aliphatic carbocycles. The Morgan fingerprint density at radius 2 is 1.94 bits per heavy atom. The molecule has 4 atom stereocenters. The van der Waals surface area contributed by atoms with E-state index in [9.17, 15) is 18.4 Å². The van der Waals surface area contributed by atoms with Crippen molar-refractivity contribution < 1.29 is 27.5 Å². The largest absolute Gasteiger partial charge is 0.442 e. The Morgan fingerprint density at radius 1 is 1.21 bits per heavy atom. The molecule has 3 heterocycles. The summed E-state index contributed by atoms with van der Waals surface area (Å²) in [5, 5.41) is 2.52. The number of carbonyl (C=O) groups is 2. The maximum Gasteiger partial charge on any atom is 0.414 e. The molecule has 174 valence electrons. The molecule has 1 aromatic heterocycles. The monoisotopic (exact) mass is 460 g/mol. The van der Waals surface area contributed by atoms with Crippen molar-refractivity contribution in [3.63, 3.8) is 0 Å². The van der Waals surface area contributed by atoms with Crippen molar-refractivity contribution in [3.05, 3.63) is 47.8 Å². The van der Waals surface area contributed by atoms with Crippen molar-refractivity contribution in [2.24, 2.45) is 11.8 Å². The second-order valence-corrected chi connectivity index (χ2v) is 8.97. The van der Waals surface area contributed by atoms with Crippen molar-refractivity contribution in [1.82, 2.24) is 15.2 Å². The van der Waals surface area contributed by atoms with E-state index < -0.39 is 29.5 Å². The van der Waals surface area contributed by atoms with E-state index in [2.05, 4.69) is 15.2 Å². The van der Waals surface area contributed by atoms with Crippen LogP contribution in [0.25, 0.3) is 11.1 Å². The maximum atomic E-state index is 15.3. The minimum atomic E-state index is -1.46. The first-order valence-corrected chi connectivity index (χ1v) is 10.7. The summed E-state index contributed by atoms with van der Waals surface area (Å²) in [4.78, 5) is 30.5. The molecule has 5 rings (SSSR count). The van der Waals surface area contributed by atoms with E-state index in [0.29, 0.717) is 24.3 Å². The molecule has 2 amide bonds. The number of aromatic nitrogens is 1. The van der Waals surface area contributed by atoms with Gasteiger partial charge in [-0.15, -0.1) is 0 Å². The molecule has 7 nitrogen and oxygen atoms in total. The van der Waals surface area contributed by atoms with Gasteiger partial charge in [0, 0.05) is 55.2 Å². The average molecular weight is 460 g/mol. The molecule has 10 heteroatoms. The van der Waals surface area contributed by atoms with Crippen LogP contribution in [0.15, 0.2) is 30.5 Å². The summed E-state index contributed by atoms with van der Waals surface area (Å²) in [7, 11) is 1.95. The lowest BCUT2D eigenvalue weighted by Crippen LogP contribution is -2.33. The number of carbonyl (C=O) groups excluding carboxylic acids is 2. The van der Waals surface area contributed by atoms with E-state index in [-0.39, 0.29) is 42.1 Å². The van der Waals surface area contributed by atoms with Crippen LogP contribution in [0, 0.1) is 23.5 Å². The fourth-order valence-electron chi connectivity index (χ4n) is 4.97. The van der Waals surface area contributed by atoms with Crippen LogP contribution in [0.5, 0.6) is 0 Å². The number of likely N-dealkylation sites (tertiary alicyclic amines) is 1. The highest BCUT2D eigenvalue weighted by Gasteiger charge is 2.70. The lowest BCUT2D eigenvalue weighted by molar-refractivity contribution is -0.119. The zero-order valence-corrected chi connectivity index (χ0v) is 18.1. The third-order valence-electron chi connectivity index (χ3n) is 6.72. The SMILES string of the molecule is CC(=O)NC[C@H]1CN(c2cc(F)c(-c3ccc(C4(F)[C@@H]5CN(C)C[C@@H]54)nc3)cc2F)C(=O)O1. The van der Waals surface area contributed by atoms with Crippen molar-refractivity contribution in [2.45, 2.75) is 18.7 Å². The van der Waals surface area contributed by atoms with Crippen molar-refractivity contribution in [3.8, 4) is 11.1 Å². The van der Waals surface area contributed by atoms with E-state index in [4.69, 9.17) is 4.74 Å². The molecular weight excluding hydrogens is 437 g/mol. The first-order chi connectivity index (χ1) is 15.7. The second kappa shape index (κ2) is 7.72. The summed E-state index contributed by atoms with van der Waals surface area (Å²) in [6, 6.07) is 4.98. The van der Waals surface area contributed by atoms with Gasteiger partial charge in [-0.25, -0.2) is 18.0 Å². The quantitative estimate of drug-likeness (QED) is 0.743. The number of pyridine rings is 1. The molecule has 33 heavy (non-hydrogen) atoms. The molecule has 1 N–H and O–H groups in total. The topological polar surface area (TPSA) is 74.8 Å². The van der Waals surface area contributed by atoms with Gasteiger partial charge in [0.1, 0.15) is 17.7 Å². The van der Waals surface area contributed by atoms with Gasteiger partial charge >= 0.3 is 6.09 Å². The summed E-state index contributed by atoms with van der Waals surface area (Å²) in [5.41, 5.74) is -1.13. The van der Waals surface area contributed by atoms with Crippen LogP contribution in [0.2, 0.25) is 0 Å². The fraction of sp³-hybridized carbons (Fsp3) is 0.435. The number of ether oxygens (including phenoxy) is 1. The molecule has 3 aliphatic rings. The van der Waals surface area contributed by atoms with Crippen LogP contribution in [-0.2, 0) is 15.2 Å². The van der Waals surface area contributed by atoms with Crippen LogP contribution >= 0.6 is 0 Å². The van der Waals surface area contributed by atoms with Gasteiger partial charge in [0.25, 0.3) is 0 Å². The van der Waals surface area contributed by atoms with Gasteiger partial charge in [-0.05, 0) is 19.2 Å². The standard InChI is InChI=1S/C23H23F3N4O3/c1-12(31)27-8-14-9-30(22(32)33-14)20-6-18(24)15(5-19(20)25)13-3-4-21(28-7-13)23(26)16-10-29(2)11-17(16)23/h3-7,14,16-17H,8-11H2,1-2H3,(H,27,31)/t14-,16-,17+,23?/m0/s1. The summed E-state index contributed by atoms with van der Waals surface area (Å²) in [5.74, 6) is -2.01. The number of amides is 2.